The van der Waals surface area contributed by atoms with Crippen LogP contribution in [0.4, 0.5) is 0 Å². The first kappa shape index (κ1) is 47.2. The van der Waals surface area contributed by atoms with Crippen LogP contribution in [0.3, 0.4) is 0 Å². The Balaban J connectivity index is 2.56. The molecule has 0 aromatic rings. The smallest absolute Gasteiger partial charge is 0.303 e. The van der Waals surface area contributed by atoms with Gasteiger partial charge in [0.25, 0.3) is 0 Å². The van der Waals surface area contributed by atoms with E-state index in [0.29, 0.717) is 6.42 Å². The van der Waals surface area contributed by atoms with E-state index in [0.717, 1.165) is 47.0 Å². The summed E-state index contributed by atoms with van der Waals surface area (Å²) in [5.74, 6) is -4.23. The number of carbonyl (C=O) groups excluding carboxylic acids is 7. The van der Waals surface area contributed by atoms with Gasteiger partial charge in [-0.25, -0.2) is 0 Å². The summed E-state index contributed by atoms with van der Waals surface area (Å²) < 4.78 is 32.7. The predicted octanol–water partition coefficient (Wildman–Crippen LogP) is 3.16. The highest BCUT2D eigenvalue weighted by atomic mass is 16.7. The molecule has 0 radical (unpaired) electrons. The summed E-state index contributed by atoms with van der Waals surface area (Å²) in [4.78, 5) is 85.4. The molecule has 1 rings (SSSR count). The van der Waals surface area contributed by atoms with E-state index < -0.39 is 78.4 Å². The molecule has 5 atom stereocenters. The first-order valence-electron chi connectivity index (χ1n) is 18.8. The highest BCUT2D eigenvalue weighted by Gasteiger charge is 2.52. The predicted molar refractivity (Wildman–Crippen MR) is 192 cm³/mol. The lowest BCUT2D eigenvalue weighted by atomic mass is 9.91. The third-order valence-electron chi connectivity index (χ3n) is 8.49. The number of ether oxygens (including phenoxy) is 6. The molecule has 0 saturated carbocycles. The number of hydrogen-bond donors (Lipinski definition) is 3. The lowest BCUT2D eigenvalue weighted by Crippen LogP contribution is -2.63. The number of carbonyl (C=O) groups is 7. The summed E-state index contributed by atoms with van der Waals surface area (Å²) in [7, 11) is 0. The van der Waals surface area contributed by atoms with Crippen LogP contribution < -0.4 is 16.0 Å². The second kappa shape index (κ2) is 26.1. The van der Waals surface area contributed by atoms with Crippen LogP contribution in [-0.4, -0.2) is 105 Å². The fourth-order valence-electron chi connectivity index (χ4n) is 5.62. The standard InChI is InChI=1S/C37H63N3O13/c1-8-9-10-11-12-13-14-15-16-17-18-19-30(45)38-20-21-39-35(46)37(6,7)36(47)40-22-23-48-34-33(52-28(5)44)32(51-27(4)43)31(50-26(3)42)29(53-34)24-49-25(2)41/h29,31-34H,8-24H2,1-7H3,(H,38,45)(H,39,46)(H,40,47)/t29-,31-,32+,33+,34+/m1/s1. The molecule has 1 heterocycles. The van der Waals surface area contributed by atoms with E-state index in [1.807, 2.05) is 0 Å². The maximum Gasteiger partial charge on any atom is 0.303 e. The maximum atomic E-state index is 13.0. The molecule has 304 valence electrons. The van der Waals surface area contributed by atoms with Crippen molar-refractivity contribution in [2.45, 2.75) is 156 Å². The van der Waals surface area contributed by atoms with Gasteiger partial charge in [0.2, 0.25) is 17.7 Å². The van der Waals surface area contributed by atoms with Crippen molar-refractivity contribution in [3.05, 3.63) is 0 Å². The van der Waals surface area contributed by atoms with Crippen molar-refractivity contribution >= 4 is 41.6 Å². The van der Waals surface area contributed by atoms with Gasteiger partial charge in [0, 0.05) is 53.8 Å². The minimum atomic E-state index is -1.48. The zero-order valence-corrected chi connectivity index (χ0v) is 32.7. The van der Waals surface area contributed by atoms with Crippen molar-refractivity contribution in [1.29, 1.82) is 0 Å². The Bertz CT molecular complexity index is 1180. The van der Waals surface area contributed by atoms with Gasteiger partial charge < -0.3 is 44.4 Å². The van der Waals surface area contributed by atoms with E-state index in [2.05, 4.69) is 22.9 Å². The summed E-state index contributed by atoms with van der Waals surface area (Å²) >= 11 is 0. The maximum absolute atomic E-state index is 13.0. The molecule has 0 unspecified atom stereocenters. The van der Waals surface area contributed by atoms with E-state index in [9.17, 15) is 33.6 Å². The van der Waals surface area contributed by atoms with E-state index in [1.54, 1.807) is 0 Å². The topological polar surface area (TPSA) is 211 Å². The van der Waals surface area contributed by atoms with Gasteiger partial charge >= 0.3 is 23.9 Å². The summed E-state index contributed by atoms with van der Waals surface area (Å²) in [6, 6.07) is 0. The van der Waals surface area contributed by atoms with Gasteiger partial charge in [-0.15, -0.1) is 0 Å². The number of rotatable bonds is 26. The lowest BCUT2D eigenvalue weighted by Gasteiger charge is -2.44. The average molecular weight is 758 g/mol. The van der Waals surface area contributed by atoms with Crippen molar-refractivity contribution in [2.24, 2.45) is 5.41 Å². The molecule has 1 aliphatic heterocycles. The van der Waals surface area contributed by atoms with Gasteiger partial charge in [-0.3, -0.25) is 33.6 Å². The second-order valence-corrected chi connectivity index (χ2v) is 13.7. The number of unbranched alkanes of at least 4 members (excludes halogenated alkanes) is 10. The summed E-state index contributed by atoms with van der Waals surface area (Å²) in [6.07, 6.45) is 6.90. The van der Waals surface area contributed by atoms with Gasteiger partial charge in [-0.2, -0.15) is 0 Å². The molecule has 1 fully saturated rings. The Hall–Kier alpha value is -3.79. The van der Waals surface area contributed by atoms with Crippen LogP contribution in [0.1, 0.15) is 126 Å². The number of nitrogens with one attached hydrogen (secondary N) is 3. The van der Waals surface area contributed by atoms with E-state index in [1.165, 1.54) is 65.2 Å². The number of hydrogen-bond acceptors (Lipinski definition) is 13. The van der Waals surface area contributed by atoms with Gasteiger partial charge in [0.05, 0.1) is 6.61 Å². The molecule has 53 heavy (non-hydrogen) atoms. The van der Waals surface area contributed by atoms with Crippen LogP contribution in [0, 0.1) is 5.41 Å². The summed E-state index contributed by atoms with van der Waals surface area (Å²) in [6.45, 7) is 9.22. The Morgan fingerprint density at radius 2 is 1.06 bits per heavy atom. The van der Waals surface area contributed by atoms with Crippen LogP contribution in [-0.2, 0) is 62.0 Å². The minimum absolute atomic E-state index is 0.0798. The number of esters is 4. The van der Waals surface area contributed by atoms with Gasteiger partial charge in [0.1, 0.15) is 18.1 Å². The number of amides is 3. The molecule has 0 aromatic heterocycles. The quantitative estimate of drug-likeness (QED) is 0.0502. The van der Waals surface area contributed by atoms with Crippen molar-refractivity contribution in [3.63, 3.8) is 0 Å². The van der Waals surface area contributed by atoms with Crippen molar-refractivity contribution in [3.8, 4) is 0 Å². The van der Waals surface area contributed by atoms with Gasteiger partial charge in [-0.1, -0.05) is 71.1 Å². The molecular formula is C37H63N3O13. The molecule has 16 nitrogen and oxygen atoms in total. The second-order valence-electron chi connectivity index (χ2n) is 13.7. The summed E-state index contributed by atoms with van der Waals surface area (Å²) in [5, 5.41) is 8.08. The molecule has 0 aromatic carbocycles. The molecule has 1 saturated heterocycles. The molecule has 0 aliphatic carbocycles. The van der Waals surface area contributed by atoms with Crippen molar-refractivity contribution in [2.75, 3.05) is 32.8 Å². The summed E-state index contributed by atoms with van der Waals surface area (Å²) in [5.41, 5.74) is -1.48. The monoisotopic (exact) mass is 757 g/mol. The molecular weight excluding hydrogens is 694 g/mol. The van der Waals surface area contributed by atoms with E-state index >= 15 is 0 Å². The van der Waals surface area contributed by atoms with Crippen molar-refractivity contribution in [1.82, 2.24) is 16.0 Å². The normalized spacial score (nSPS) is 19.7. The fourth-order valence-corrected chi connectivity index (χ4v) is 5.62. The Morgan fingerprint density at radius 3 is 1.58 bits per heavy atom. The SMILES string of the molecule is CCCCCCCCCCCCCC(=O)NCCNC(=O)C(C)(C)C(=O)NCCO[C@H]1O[C@H](COC(C)=O)[C@@H](OC(C)=O)[C@H](OC(C)=O)[C@@H]1OC(C)=O. The Morgan fingerprint density at radius 1 is 0.585 bits per heavy atom. The molecule has 1 aliphatic rings. The molecule has 16 heteroatoms. The Labute approximate surface area is 313 Å². The lowest BCUT2D eigenvalue weighted by molar-refractivity contribution is -0.307. The Kier molecular flexibility index (Phi) is 23.2. The van der Waals surface area contributed by atoms with E-state index in [4.69, 9.17) is 28.4 Å². The van der Waals surface area contributed by atoms with E-state index in [-0.39, 0.29) is 32.1 Å². The molecule has 0 spiro atoms. The third-order valence-corrected chi connectivity index (χ3v) is 8.49. The van der Waals surface area contributed by atoms with Crippen LogP contribution in [0.5, 0.6) is 0 Å². The molecule has 3 N–H and O–H groups in total. The molecule has 3 amide bonds. The zero-order chi connectivity index (χ0) is 39.8. The fraction of sp³-hybridized carbons (Fsp3) is 0.811. The zero-order valence-electron chi connectivity index (χ0n) is 32.7. The van der Waals surface area contributed by atoms with Crippen molar-refractivity contribution < 1.29 is 62.0 Å². The van der Waals surface area contributed by atoms with Crippen LogP contribution >= 0.6 is 0 Å². The van der Waals surface area contributed by atoms with Crippen LogP contribution in [0.15, 0.2) is 0 Å². The first-order valence-corrected chi connectivity index (χ1v) is 18.8. The van der Waals surface area contributed by atoms with Gasteiger partial charge in [0.15, 0.2) is 24.6 Å². The first-order chi connectivity index (χ1) is 25.1. The molecule has 0 bridgehead atoms. The third kappa shape index (κ3) is 19.7. The van der Waals surface area contributed by atoms with Crippen LogP contribution in [0.2, 0.25) is 0 Å². The van der Waals surface area contributed by atoms with Gasteiger partial charge in [-0.05, 0) is 20.3 Å². The minimum Gasteiger partial charge on any atom is -0.463 e. The highest BCUT2D eigenvalue weighted by molar-refractivity contribution is 6.04. The average Bonchev–Trinajstić information content (AvgIpc) is 3.08. The van der Waals surface area contributed by atoms with Crippen LogP contribution in [0.25, 0.3) is 0 Å². The largest absolute Gasteiger partial charge is 0.463 e. The highest BCUT2D eigenvalue weighted by Crippen LogP contribution is 2.30.